The molecule has 19 heavy (non-hydrogen) atoms. The molecule has 0 aliphatic heterocycles. The molecule has 0 fully saturated rings. The summed E-state index contributed by atoms with van der Waals surface area (Å²) in [6.45, 7) is 10.7. The van der Waals surface area contributed by atoms with E-state index in [4.69, 9.17) is 4.74 Å². The molecule has 2 unspecified atom stereocenters. The molecule has 1 N–H and O–H groups in total. The van der Waals surface area contributed by atoms with Gasteiger partial charge in [0.1, 0.15) is 0 Å². The molecule has 108 valence electrons. The van der Waals surface area contributed by atoms with Crippen molar-refractivity contribution in [3.63, 3.8) is 0 Å². The van der Waals surface area contributed by atoms with Crippen LogP contribution < -0.4 is 5.32 Å². The summed E-state index contributed by atoms with van der Waals surface area (Å²) in [6, 6.07) is 8.54. The summed E-state index contributed by atoms with van der Waals surface area (Å²) in [6.07, 6.45) is 3.93. The van der Waals surface area contributed by atoms with Gasteiger partial charge in [0.15, 0.2) is 0 Å². The molecule has 0 amide bonds. The number of hydrogen-bond donors (Lipinski definition) is 1. The Kier molecular flexibility index (Phi) is 7.76. The van der Waals surface area contributed by atoms with Crippen molar-refractivity contribution in [2.24, 2.45) is 0 Å². The van der Waals surface area contributed by atoms with Gasteiger partial charge in [0.2, 0.25) is 0 Å². The lowest BCUT2D eigenvalue weighted by atomic mass is 10.0. The highest BCUT2D eigenvalue weighted by molar-refractivity contribution is 5.28. The highest BCUT2D eigenvalue weighted by atomic mass is 16.5. The van der Waals surface area contributed by atoms with Crippen molar-refractivity contribution < 1.29 is 4.74 Å². The lowest BCUT2D eigenvalue weighted by Gasteiger charge is -2.24. The van der Waals surface area contributed by atoms with E-state index in [-0.39, 0.29) is 6.10 Å². The second-order valence-electron chi connectivity index (χ2n) is 5.28. The van der Waals surface area contributed by atoms with Crippen LogP contribution in [0.5, 0.6) is 0 Å². The third kappa shape index (κ3) is 5.75. The quantitative estimate of drug-likeness (QED) is 0.673. The summed E-state index contributed by atoms with van der Waals surface area (Å²) in [5.41, 5.74) is 2.63. The first kappa shape index (κ1) is 16.2. The van der Waals surface area contributed by atoms with Crippen molar-refractivity contribution in [3.8, 4) is 0 Å². The van der Waals surface area contributed by atoms with Crippen LogP contribution in [0.1, 0.15) is 57.3 Å². The van der Waals surface area contributed by atoms with Crippen LogP contribution in [-0.2, 0) is 4.74 Å². The molecular formula is C17H29NO. The van der Waals surface area contributed by atoms with Gasteiger partial charge in [-0.1, -0.05) is 44.5 Å². The SMILES string of the molecule is CCCNCC(OC(C)CCC)c1ccccc1C. The van der Waals surface area contributed by atoms with Gasteiger partial charge in [0.25, 0.3) is 0 Å². The van der Waals surface area contributed by atoms with Gasteiger partial charge in [-0.25, -0.2) is 0 Å². The lowest BCUT2D eigenvalue weighted by Crippen LogP contribution is -2.27. The fraction of sp³-hybridized carbons (Fsp3) is 0.647. The highest BCUT2D eigenvalue weighted by Crippen LogP contribution is 2.23. The van der Waals surface area contributed by atoms with Gasteiger partial charge in [-0.15, -0.1) is 0 Å². The molecule has 0 heterocycles. The first-order valence-corrected chi connectivity index (χ1v) is 7.60. The van der Waals surface area contributed by atoms with E-state index in [1.165, 1.54) is 17.5 Å². The molecule has 0 saturated heterocycles. The fourth-order valence-corrected chi connectivity index (χ4v) is 2.34. The van der Waals surface area contributed by atoms with Gasteiger partial charge in [0, 0.05) is 6.54 Å². The molecule has 1 aromatic carbocycles. The third-order valence-electron chi connectivity index (χ3n) is 3.38. The van der Waals surface area contributed by atoms with Crippen LogP contribution in [0, 0.1) is 6.92 Å². The van der Waals surface area contributed by atoms with Crippen molar-refractivity contribution in [1.29, 1.82) is 0 Å². The van der Waals surface area contributed by atoms with Gasteiger partial charge in [0.05, 0.1) is 12.2 Å². The number of benzene rings is 1. The van der Waals surface area contributed by atoms with E-state index >= 15 is 0 Å². The smallest absolute Gasteiger partial charge is 0.0955 e. The van der Waals surface area contributed by atoms with Gasteiger partial charge in [-0.2, -0.15) is 0 Å². The number of nitrogens with one attached hydrogen (secondary N) is 1. The van der Waals surface area contributed by atoms with Gasteiger partial charge >= 0.3 is 0 Å². The monoisotopic (exact) mass is 263 g/mol. The first-order valence-electron chi connectivity index (χ1n) is 7.60. The average Bonchev–Trinajstić information content (AvgIpc) is 2.39. The standard InChI is InChI=1S/C17H29NO/c1-5-9-15(4)19-17(13-18-12-6-2)16-11-8-7-10-14(16)3/h7-8,10-11,15,17-18H,5-6,9,12-13H2,1-4H3. The zero-order valence-electron chi connectivity index (χ0n) is 12.9. The molecule has 1 rings (SSSR count). The van der Waals surface area contributed by atoms with Crippen LogP contribution >= 0.6 is 0 Å². The van der Waals surface area contributed by atoms with Crippen molar-refractivity contribution >= 4 is 0 Å². The number of aryl methyl sites for hydroxylation is 1. The predicted molar refractivity (Wildman–Crippen MR) is 82.5 cm³/mol. The summed E-state index contributed by atoms with van der Waals surface area (Å²) in [4.78, 5) is 0. The minimum Gasteiger partial charge on any atom is -0.369 e. The molecule has 2 atom stereocenters. The second kappa shape index (κ2) is 9.11. The van der Waals surface area contributed by atoms with E-state index in [1.54, 1.807) is 0 Å². The molecule has 2 heteroatoms. The largest absolute Gasteiger partial charge is 0.369 e. The van der Waals surface area contributed by atoms with E-state index < -0.39 is 0 Å². The Morgan fingerprint density at radius 2 is 1.89 bits per heavy atom. The van der Waals surface area contributed by atoms with E-state index in [2.05, 4.69) is 57.3 Å². The normalized spacial score (nSPS) is 14.3. The summed E-state index contributed by atoms with van der Waals surface area (Å²) < 4.78 is 6.24. The second-order valence-corrected chi connectivity index (χ2v) is 5.28. The number of ether oxygens (including phenoxy) is 1. The molecule has 2 nitrogen and oxygen atoms in total. The average molecular weight is 263 g/mol. The molecule has 0 spiro atoms. The Bertz CT molecular complexity index is 351. The van der Waals surface area contributed by atoms with Crippen LogP contribution in [0.15, 0.2) is 24.3 Å². The minimum atomic E-state index is 0.161. The maximum absolute atomic E-state index is 6.24. The molecule has 0 saturated carbocycles. The van der Waals surface area contributed by atoms with E-state index in [1.807, 2.05) is 0 Å². The molecule has 1 aromatic rings. The van der Waals surface area contributed by atoms with Gasteiger partial charge < -0.3 is 10.1 Å². The van der Waals surface area contributed by atoms with E-state index in [0.29, 0.717) is 6.10 Å². The number of rotatable bonds is 9. The first-order chi connectivity index (χ1) is 9.19. The Morgan fingerprint density at radius 3 is 2.53 bits per heavy atom. The van der Waals surface area contributed by atoms with E-state index in [9.17, 15) is 0 Å². The molecule has 0 aromatic heterocycles. The highest BCUT2D eigenvalue weighted by Gasteiger charge is 2.16. The summed E-state index contributed by atoms with van der Waals surface area (Å²) >= 11 is 0. The maximum atomic E-state index is 6.24. The maximum Gasteiger partial charge on any atom is 0.0955 e. The Morgan fingerprint density at radius 1 is 1.16 bits per heavy atom. The molecule has 0 aliphatic carbocycles. The molecule has 0 radical (unpaired) electrons. The van der Waals surface area contributed by atoms with Crippen molar-refractivity contribution in [2.75, 3.05) is 13.1 Å². The Hall–Kier alpha value is -0.860. The molecular weight excluding hydrogens is 234 g/mol. The van der Waals surface area contributed by atoms with E-state index in [0.717, 1.165) is 25.9 Å². The van der Waals surface area contributed by atoms with Gasteiger partial charge in [-0.05, 0) is 44.4 Å². The Balaban J connectivity index is 2.71. The Labute approximate surface area is 118 Å². The summed E-state index contributed by atoms with van der Waals surface area (Å²) in [7, 11) is 0. The lowest BCUT2D eigenvalue weighted by molar-refractivity contribution is -0.00742. The van der Waals surface area contributed by atoms with Crippen LogP contribution in [0.2, 0.25) is 0 Å². The molecule has 0 aliphatic rings. The summed E-state index contributed by atoms with van der Waals surface area (Å²) in [5, 5.41) is 3.48. The van der Waals surface area contributed by atoms with Crippen LogP contribution in [0.25, 0.3) is 0 Å². The van der Waals surface area contributed by atoms with Crippen molar-refractivity contribution in [3.05, 3.63) is 35.4 Å². The van der Waals surface area contributed by atoms with Crippen LogP contribution in [-0.4, -0.2) is 19.2 Å². The fourth-order valence-electron chi connectivity index (χ4n) is 2.34. The zero-order chi connectivity index (χ0) is 14.1. The summed E-state index contributed by atoms with van der Waals surface area (Å²) in [5.74, 6) is 0. The zero-order valence-corrected chi connectivity index (χ0v) is 12.9. The van der Waals surface area contributed by atoms with Crippen LogP contribution in [0.4, 0.5) is 0 Å². The minimum absolute atomic E-state index is 0.161. The third-order valence-corrected chi connectivity index (χ3v) is 3.38. The van der Waals surface area contributed by atoms with Crippen molar-refractivity contribution in [2.45, 2.75) is 59.2 Å². The van der Waals surface area contributed by atoms with Gasteiger partial charge in [-0.3, -0.25) is 0 Å². The van der Waals surface area contributed by atoms with Crippen LogP contribution in [0.3, 0.4) is 0 Å². The molecule has 0 bridgehead atoms. The predicted octanol–water partition coefficient (Wildman–Crippen LogP) is 4.24. The van der Waals surface area contributed by atoms with Crippen molar-refractivity contribution in [1.82, 2.24) is 5.32 Å². The number of hydrogen-bond acceptors (Lipinski definition) is 2. The topological polar surface area (TPSA) is 21.3 Å².